The zero-order valence-electron chi connectivity index (χ0n) is 7.71. The van der Waals surface area contributed by atoms with Crippen molar-refractivity contribution in [3.8, 4) is 0 Å². The molecule has 3 nitrogen and oxygen atoms in total. The van der Waals surface area contributed by atoms with Crippen LogP contribution in [0.1, 0.15) is 35.9 Å². The van der Waals surface area contributed by atoms with Crippen LogP contribution >= 0.6 is 23.2 Å². The number of aromatic nitrogens is 1. The molecule has 0 atom stereocenters. The fourth-order valence-electron chi connectivity index (χ4n) is 0.954. The zero-order chi connectivity index (χ0) is 10.9. The van der Waals surface area contributed by atoms with Gasteiger partial charge >= 0.3 is 5.97 Å². The number of rotatable bonds is 2. The molecule has 0 saturated heterocycles. The largest absolute Gasteiger partial charge is 0.476 e. The average Bonchev–Trinajstić information content (AvgIpc) is 2.08. The van der Waals surface area contributed by atoms with E-state index in [1.807, 2.05) is 13.8 Å². The van der Waals surface area contributed by atoms with E-state index in [0.717, 1.165) is 0 Å². The fraction of sp³-hybridized carbons (Fsp3) is 0.333. The molecule has 0 fully saturated rings. The summed E-state index contributed by atoms with van der Waals surface area (Å²) in [5, 5.41) is 9.00. The summed E-state index contributed by atoms with van der Waals surface area (Å²) >= 11 is 11.5. The smallest absolute Gasteiger partial charge is 0.356 e. The van der Waals surface area contributed by atoms with Crippen molar-refractivity contribution in [3.63, 3.8) is 0 Å². The third-order valence-electron chi connectivity index (χ3n) is 1.73. The van der Waals surface area contributed by atoms with Crippen LogP contribution in [-0.2, 0) is 0 Å². The minimum atomic E-state index is -1.17. The van der Waals surface area contributed by atoms with Crippen LogP contribution in [0.5, 0.6) is 0 Å². The van der Waals surface area contributed by atoms with Crippen LogP contribution in [0.4, 0.5) is 0 Å². The second-order valence-electron chi connectivity index (χ2n) is 3.15. The third kappa shape index (κ3) is 2.16. The maximum atomic E-state index is 10.7. The highest BCUT2D eigenvalue weighted by Gasteiger charge is 2.16. The Hall–Kier alpha value is -0.800. The van der Waals surface area contributed by atoms with Gasteiger partial charge in [0.2, 0.25) is 0 Å². The molecule has 1 aromatic rings. The summed E-state index contributed by atoms with van der Waals surface area (Å²) in [5.74, 6) is -1.05. The number of halogens is 2. The standard InChI is InChI=1S/C9H9Cl2NO2/c1-4(2)6-3-5(10)7(11)8(12-6)9(13)14/h3-4H,1-2H3,(H,13,14). The lowest BCUT2D eigenvalue weighted by atomic mass is 10.1. The van der Waals surface area contributed by atoms with Crippen LogP contribution in [0, 0.1) is 0 Å². The summed E-state index contributed by atoms with van der Waals surface area (Å²) in [6.45, 7) is 3.80. The van der Waals surface area contributed by atoms with Gasteiger partial charge in [0.25, 0.3) is 0 Å². The molecular weight excluding hydrogens is 225 g/mol. The van der Waals surface area contributed by atoms with E-state index in [0.29, 0.717) is 5.69 Å². The molecule has 1 rings (SSSR count). The number of carboxylic acids is 1. The van der Waals surface area contributed by atoms with Crippen molar-refractivity contribution < 1.29 is 9.90 Å². The fourth-order valence-corrected chi connectivity index (χ4v) is 1.33. The van der Waals surface area contributed by atoms with Crippen molar-refractivity contribution >= 4 is 29.2 Å². The lowest BCUT2D eigenvalue weighted by Crippen LogP contribution is -2.05. The number of carboxylic acid groups (broad SMARTS) is 1. The maximum absolute atomic E-state index is 10.7. The van der Waals surface area contributed by atoms with Crippen LogP contribution in [0.2, 0.25) is 10.0 Å². The number of pyridine rings is 1. The van der Waals surface area contributed by atoms with Crippen LogP contribution in [0.15, 0.2) is 6.07 Å². The van der Waals surface area contributed by atoms with Gasteiger partial charge in [-0.3, -0.25) is 0 Å². The lowest BCUT2D eigenvalue weighted by Gasteiger charge is -2.07. The molecule has 0 aliphatic carbocycles. The first-order valence-corrected chi connectivity index (χ1v) is 4.78. The van der Waals surface area contributed by atoms with Gasteiger partial charge in [0.1, 0.15) is 0 Å². The number of nitrogens with zero attached hydrogens (tertiary/aromatic N) is 1. The molecule has 0 aromatic carbocycles. The monoisotopic (exact) mass is 233 g/mol. The van der Waals surface area contributed by atoms with Gasteiger partial charge < -0.3 is 5.11 Å². The highest BCUT2D eigenvalue weighted by atomic mass is 35.5. The zero-order valence-corrected chi connectivity index (χ0v) is 9.23. The van der Waals surface area contributed by atoms with E-state index in [1.165, 1.54) is 0 Å². The van der Waals surface area contributed by atoms with Gasteiger partial charge in [0, 0.05) is 5.69 Å². The molecule has 1 heterocycles. The Bertz CT molecular complexity index is 377. The molecule has 0 aliphatic rings. The van der Waals surface area contributed by atoms with E-state index >= 15 is 0 Å². The normalized spacial score (nSPS) is 10.6. The van der Waals surface area contributed by atoms with E-state index in [4.69, 9.17) is 28.3 Å². The maximum Gasteiger partial charge on any atom is 0.356 e. The van der Waals surface area contributed by atoms with E-state index in [-0.39, 0.29) is 21.7 Å². The number of carbonyl (C=O) groups is 1. The average molecular weight is 234 g/mol. The topological polar surface area (TPSA) is 50.2 Å². The predicted molar refractivity (Wildman–Crippen MR) is 55.3 cm³/mol. The van der Waals surface area contributed by atoms with Gasteiger partial charge in [0.15, 0.2) is 5.69 Å². The number of aromatic carboxylic acids is 1. The lowest BCUT2D eigenvalue weighted by molar-refractivity contribution is 0.0690. The van der Waals surface area contributed by atoms with Crippen molar-refractivity contribution in [2.24, 2.45) is 0 Å². The summed E-state index contributed by atoms with van der Waals surface area (Å²) in [5.41, 5.74) is 0.430. The Morgan fingerprint density at radius 3 is 2.50 bits per heavy atom. The van der Waals surface area contributed by atoms with Gasteiger partial charge in [0.05, 0.1) is 10.0 Å². The number of hydrogen-bond acceptors (Lipinski definition) is 2. The van der Waals surface area contributed by atoms with Crippen molar-refractivity contribution in [2.75, 3.05) is 0 Å². The molecule has 76 valence electrons. The third-order valence-corrected chi connectivity index (χ3v) is 2.50. The van der Waals surface area contributed by atoms with Gasteiger partial charge in [-0.25, -0.2) is 9.78 Å². The molecule has 0 bridgehead atoms. The first-order valence-electron chi connectivity index (χ1n) is 4.02. The molecule has 0 spiro atoms. The molecule has 0 saturated carbocycles. The molecular formula is C9H9Cl2NO2. The SMILES string of the molecule is CC(C)c1cc(Cl)c(Cl)c(C(=O)O)n1. The van der Waals surface area contributed by atoms with Gasteiger partial charge in [-0.05, 0) is 12.0 Å². The summed E-state index contributed by atoms with van der Waals surface area (Å²) in [7, 11) is 0. The quantitative estimate of drug-likeness (QED) is 0.854. The van der Waals surface area contributed by atoms with Crippen LogP contribution in [0.3, 0.4) is 0 Å². The first kappa shape index (κ1) is 11.3. The molecule has 1 N–H and O–H groups in total. The Labute approximate surface area is 91.7 Å². The molecule has 0 amide bonds. The summed E-state index contributed by atoms with van der Waals surface area (Å²) < 4.78 is 0. The summed E-state index contributed by atoms with van der Waals surface area (Å²) in [6.07, 6.45) is 0. The van der Waals surface area contributed by atoms with Crippen molar-refractivity contribution in [1.29, 1.82) is 0 Å². The summed E-state index contributed by atoms with van der Waals surface area (Å²) in [4.78, 5) is 14.7. The Kier molecular flexibility index (Phi) is 3.34. The Morgan fingerprint density at radius 2 is 2.07 bits per heavy atom. The van der Waals surface area contributed by atoms with Gasteiger partial charge in [-0.15, -0.1) is 0 Å². The van der Waals surface area contributed by atoms with E-state index in [2.05, 4.69) is 4.98 Å². The van der Waals surface area contributed by atoms with Crippen LogP contribution in [-0.4, -0.2) is 16.1 Å². The summed E-state index contributed by atoms with van der Waals surface area (Å²) in [6, 6.07) is 1.58. The highest BCUT2D eigenvalue weighted by molar-refractivity contribution is 6.43. The van der Waals surface area contributed by atoms with Gasteiger partial charge in [-0.1, -0.05) is 37.0 Å². The van der Waals surface area contributed by atoms with Crippen molar-refractivity contribution in [3.05, 3.63) is 27.5 Å². The highest BCUT2D eigenvalue weighted by Crippen LogP contribution is 2.27. The molecule has 1 aromatic heterocycles. The van der Waals surface area contributed by atoms with Crippen molar-refractivity contribution in [1.82, 2.24) is 4.98 Å². The minimum absolute atomic E-state index is 0.0106. The van der Waals surface area contributed by atoms with Gasteiger partial charge in [-0.2, -0.15) is 0 Å². The first-order chi connectivity index (χ1) is 6.43. The second kappa shape index (κ2) is 4.15. The Morgan fingerprint density at radius 1 is 1.50 bits per heavy atom. The second-order valence-corrected chi connectivity index (χ2v) is 3.94. The number of hydrogen-bond donors (Lipinski definition) is 1. The van der Waals surface area contributed by atoms with E-state index in [1.54, 1.807) is 6.07 Å². The minimum Gasteiger partial charge on any atom is -0.476 e. The van der Waals surface area contributed by atoms with Crippen LogP contribution < -0.4 is 0 Å². The Balaban J connectivity index is 3.35. The predicted octanol–water partition coefficient (Wildman–Crippen LogP) is 3.21. The van der Waals surface area contributed by atoms with E-state index in [9.17, 15) is 4.79 Å². The van der Waals surface area contributed by atoms with Crippen LogP contribution in [0.25, 0.3) is 0 Å². The molecule has 14 heavy (non-hydrogen) atoms. The molecule has 0 unspecified atom stereocenters. The van der Waals surface area contributed by atoms with Crippen molar-refractivity contribution in [2.45, 2.75) is 19.8 Å². The molecule has 0 aliphatic heterocycles. The molecule has 0 radical (unpaired) electrons. The molecule has 5 heteroatoms. The van der Waals surface area contributed by atoms with E-state index < -0.39 is 5.97 Å².